The molecule has 0 amide bonds. The third-order valence-electron chi connectivity index (χ3n) is 3.26. The summed E-state index contributed by atoms with van der Waals surface area (Å²) in [6, 6.07) is 13.0. The minimum Gasteiger partial charge on any atom is -0.496 e. The lowest BCUT2D eigenvalue weighted by Crippen LogP contribution is -1.98. The molecule has 0 bridgehead atoms. The Kier molecular flexibility index (Phi) is 4.92. The van der Waals surface area contributed by atoms with E-state index >= 15 is 0 Å². The van der Waals surface area contributed by atoms with Gasteiger partial charge >= 0.3 is 5.97 Å². The number of halogens is 1. The molecule has 2 aromatic carbocycles. The Balaban J connectivity index is 1.98. The normalized spacial score (nSPS) is 11.7. The maximum Gasteiger partial charge on any atom is 0.342 e. The lowest BCUT2D eigenvalue weighted by atomic mass is 10.2. The summed E-state index contributed by atoms with van der Waals surface area (Å²) in [6.07, 6.45) is 1.57. The number of carboxylic acids is 1. The Morgan fingerprint density at radius 3 is 2.83 bits per heavy atom. The highest BCUT2D eigenvalue weighted by Crippen LogP contribution is 2.31. The molecule has 0 saturated carbocycles. The molecule has 24 heavy (non-hydrogen) atoms. The van der Waals surface area contributed by atoms with Crippen molar-refractivity contribution in [3.63, 3.8) is 0 Å². The minimum atomic E-state index is -1.03. The number of hydrogen-bond donors (Lipinski definition) is 2. The van der Waals surface area contributed by atoms with Crippen molar-refractivity contribution in [2.45, 2.75) is 5.16 Å². The second kappa shape index (κ2) is 7.11. The summed E-state index contributed by atoms with van der Waals surface area (Å²) in [6.45, 7) is 0. The Hall–Kier alpha value is -2.25. The number of nitrogens with zero attached hydrogens (tertiary/aromatic N) is 1. The first-order chi connectivity index (χ1) is 11.6. The number of thioether (sulfide) groups is 1. The number of rotatable bonds is 5. The molecule has 3 rings (SSSR count). The van der Waals surface area contributed by atoms with Gasteiger partial charge in [0.1, 0.15) is 10.7 Å². The van der Waals surface area contributed by atoms with E-state index in [9.17, 15) is 9.90 Å². The molecule has 1 heterocycles. The Bertz CT molecular complexity index is 903. The second-order valence-electron chi connectivity index (χ2n) is 4.86. The summed E-state index contributed by atoms with van der Waals surface area (Å²) < 4.78 is 6.13. The minimum absolute atomic E-state index is 0.144. The SMILES string of the molecule is COc1ccc(Br)cc1/C=C(\Sc1nc2ccccc2[nH]1)C(=O)O. The van der Waals surface area contributed by atoms with Gasteiger partial charge in [0.05, 0.1) is 18.1 Å². The first kappa shape index (κ1) is 16.6. The van der Waals surface area contributed by atoms with Gasteiger partial charge in [-0.2, -0.15) is 0 Å². The van der Waals surface area contributed by atoms with Crippen molar-refractivity contribution >= 4 is 50.8 Å². The number of H-pyrrole nitrogens is 1. The van der Waals surface area contributed by atoms with Crippen molar-refractivity contribution in [1.82, 2.24) is 9.97 Å². The van der Waals surface area contributed by atoms with E-state index in [4.69, 9.17) is 4.74 Å². The van der Waals surface area contributed by atoms with Gasteiger partial charge in [0.15, 0.2) is 5.16 Å². The van der Waals surface area contributed by atoms with Crippen LogP contribution in [0.25, 0.3) is 17.1 Å². The molecule has 2 N–H and O–H groups in total. The number of nitrogens with one attached hydrogen (secondary N) is 1. The number of para-hydroxylation sites is 2. The van der Waals surface area contributed by atoms with Crippen LogP contribution in [0.2, 0.25) is 0 Å². The fourth-order valence-corrected chi connectivity index (χ4v) is 3.34. The van der Waals surface area contributed by atoms with E-state index in [0.717, 1.165) is 27.3 Å². The molecule has 0 radical (unpaired) electrons. The van der Waals surface area contributed by atoms with Crippen LogP contribution in [-0.4, -0.2) is 28.2 Å². The number of carboxylic acid groups (broad SMARTS) is 1. The summed E-state index contributed by atoms with van der Waals surface area (Å²) >= 11 is 4.45. The molecular formula is C17H13BrN2O3S. The lowest BCUT2D eigenvalue weighted by molar-refractivity contribution is -0.131. The first-order valence-corrected chi connectivity index (χ1v) is 8.59. The number of carbonyl (C=O) groups is 1. The molecule has 122 valence electrons. The number of imidazole rings is 1. The van der Waals surface area contributed by atoms with Gasteiger partial charge in [0.2, 0.25) is 0 Å². The summed E-state index contributed by atoms with van der Waals surface area (Å²) in [5.41, 5.74) is 2.34. The number of aliphatic carboxylic acids is 1. The molecule has 0 aliphatic heterocycles. The number of benzene rings is 2. The van der Waals surface area contributed by atoms with Crippen LogP contribution in [0, 0.1) is 0 Å². The Morgan fingerprint density at radius 2 is 2.12 bits per heavy atom. The van der Waals surface area contributed by atoms with Crippen LogP contribution in [0.3, 0.4) is 0 Å². The van der Waals surface area contributed by atoms with Gasteiger partial charge < -0.3 is 14.8 Å². The maximum atomic E-state index is 11.6. The molecule has 0 aliphatic carbocycles. The largest absolute Gasteiger partial charge is 0.496 e. The van der Waals surface area contributed by atoms with E-state index in [1.807, 2.05) is 30.3 Å². The number of methoxy groups -OCH3 is 1. The first-order valence-electron chi connectivity index (χ1n) is 6.98. The predicted molar refractivity (Wildman–Crippen MR) is 98.3 cm³/mol. The van der Waals surface area contributed by atoms with Crippen LogP contribution >= 0.6 is 27.7 Å². The molecule has 0 saturated heterocycles. The van der Waals surface area contributed by atoms with E-state index in [1.165, 1.54) is 0 Å². The van der Waals surface area contributed by atoms with Crippen LogP contribution in [0.4, 0.5) is 0 Å². The van der Waals surface area contributed by atoms with Crippen molar-refractivity contribution in [1.29, 1.82) is 0 Å². The molecule has 0 aliphatic rings. The average Bonchev–Trinajstić information content (AvgIpc) is 2.96. The van der Waals surface area contributed by atoms with Gasteiger partial charge in [-0.3, -0.25) is 0 Å². The summed E-state index contributed by atoms with van der Waals surface area (Å²) in [7, 11) is 1.55. The van der Waals surface area contributed by atoms with Crippen LogP contribution in [0.5, 0.6) is 5.75 Å². The van der Waals surface area contributed by atoms with Crippen molar-refractivity contribution in [2.75, 3.05) is 7.11 Å². The summed E-state index contributed by atoms with van der Waals surface area (Å²) in [5, 5.41) is 10.0. The van der Waals surface area contributed by atoms with Gasteiger partial charge in [-0.1, -0.05) is 28.1 Å². The van der Waals surface area contributed by atoms with Crippen molar-refractivity contribution < 1.29 is 14.6 Å². The second-order valence-corrected chi connectivity index (χ2v) is 6.81. The van der Waals surface area contributed by atoms with Gasteiger partial charge in [-0.25, -0.2) is 9.78 Å². The molecular weight excluding hydrogens is 392 g/mol. The zero-order valence-corrected chi connectivity index (χ0v) is 15.0. The molecule has 0 spiro atoms. The summed E-state index contributed by atoms with van der Waals surface area (Å²) in [4.78, 5) is 19.3. The van der Waals surface area contributed by atoms with Crippen molar-refractivity contribution in [3.05, 3.63) is 57.4 Å². The standard InChI is InChI=1S/C17H13BrN2O3S/c1-23-14-7-6-11(18)8-10(14)9-15(16(21)22)24-17-19-12-4-2-3-5-13(12)20-17/h2-9H,1H3,(H,19,20)(H,21,22)/b15-9-. The van der Waals surface area contributed by atoms with Crippen LogP contribution in [0.15, 0.2) is 57.0 Å². The van der Waals surface area contributed by atoms with E-state index in [0.29, 0.717) is 16.5 Å². The number of aromatic nitrogens is 2. The van der Waals surface area contributed by atoms with Gasteiger partial charge in [-0.15, -0.1) is 0 Å². The number of hydrogen-bond acceptors (Lipinski definition) is 4. The van der Waals surface area contributed by atoms with Crippen LogP contribution in [0.1, 0.15) is 5.56 Å². The van der Waals surface area contributed by atoms with Gasteiger partial charge in [0, 0.05) is 10.0 Å². The quantitative estimate of drug-likeness (QED) is 0.481. The Labute approximate surface area is 150 Å². The highest BCUT2D eigenvalue weighted by molar-refractivity contribution is 9.10. The highest BCUT2D eigenvalue weighted by atomic mass is 79.9. The summed E-state index contributed by atoms with van der Waals surface area (Å²) in [5.74, 6) is -0.426. The number of ether oxygens (including phenoxy) is 1. The number of fused-ring (bicyclic) bond motifs is 1. The molecule has 0 fully saturated rings. The van der Waals surface area contributed by atoms with E-state index < -0.39 is 5.97 Å². The monoisotopic (exact) mass is 404 g/mol. The molecule has 0 unspecified atom stereocenters. The lowest BCUT2D eigenvalue weighted by Gasteiger charge is -2.06. The van der Waals surface area contributed by atoms with Crippen molar-refractivity contribution in [2.24, 2.45) is 0 Å². The van der Waals surface area contributed by atoms with Crippen LogP contribution in [-0.2, 0) is 4.79 Å². The Morgan fingerprint density at radius 1 is 1.33 bits per heavy atom. The maximum absolute atomic E-state index is 11.6. The third kappa shape index (κ3) is 3.63. The van der Waals surface area contributed by atoms with E-state index in [-0.39, 0.29) is 4.91 Å². The van der Waals surface area contributed by atoms with E-state index in [2.05, 4.69) is 25.9 Å². The molecule has 1 aromatic heterocycles. The van der Waals surface area contributed by atoms with Crippen LogP contribution < -0.4 is 4.74 Å². The fourth-order valence-electron chi connectivity index (χ4n) is 2.18. The van der Waals surface area contributed by atoms with Gasteiger partial charge in [-0.05, 0) is 48.2 Å². The van der Waals surface area contributed by atoms with Crippen molar-refractivity contribution in [3.8, 4) is 5.75 Å². The molecule has 7 heteroatoms. The van der Waals surface area contributed by atoms with Gasteiger partial charge in [0.25, 0.3) is 0 Å². The average molecular weight is 405 g/mol. The zero-order valence-electron chi connectivity index (χ0n) is 12.6. The smallest absolute Gasteiger partial charge is 0.342 e. The topological polar surface area (TPSA) is 75.2 Å². The third-order valence-corrected chi connectivity index (χ3v) is 4.66. The zero-order chi connectivity index (χ0) is 17.1. The molecule has 5 nitrogen and oxygen atoms in total. The molecule has 3 aromatic rings. The number of aromatic amines is 1. The highest BCUT2D eigenvalue weighted by Gasteiger charge is 2.14. The predicted octanol–water partition coefficient (Wildman–Crippen LogP) is 4.55. The van der Waals surface area contributed by atoms with E-state index in [1.54, 1.807) is 25.3 Å². The fraction of sp³-hybridized carbons (Fsp3) is 0.0588. The molecule has 0 atom stereocenters.